The molecular weight excluding hydrogens is 366 g/mol. The molecule has 1 amide bonds. The Bertz CT molecular complexity index is 896. The van der Waals surface area contributed by atoms with E-state index in [2.05, 4.69) is 10.3 Å². The normalized spacial score (nSPS) is 18.1. The van der Waals surface area contributed by atoms with E-state index in [1.807, 2.05) is 24.3 Å². The van der Waals surface area contributed by atoms with Crippen LogP contribution in [0.25, 0.3) is 0 Å². The molecule has 2 aromatic rings. The Kier molecular flexibility index (Phi) is 5.65. The molecule has 3 rings (SSSR count). The van der Waals surface area contributed by atoms with Crippen LogP contribution in [-0.4, -0.2) is 55.9 Å². The van der Waals surface area contributed by atoms with E-state index in [1.165, 1.54) is 11.1 Å². The molecule has 1 aliphatic heterocycles. The fourth-order valence-corrected chi connectivity index (χ4v) is 4.79. The van der Waals surface area contributed by atoms with Gasteiger partial charge in [-0.15, -0.1) is 0 Å². The van der Waals surface area contributed by atoms with E-state index in [4.69, 9.17) is 4.74 Å². The monoisotopic (exact) mass is 389 g/mol. The van der Waals surface area contributed by atoms with Gasteiger partial charge in [-0.1, -0.05) is 12.1 Å². The van der Waals surface area contributed by atoms with Gasteiger partial charge in [0.2, 0.25) is 0 Å². The zero-order valence-corrected chi connectivity index (χ0v) is 16.2. The minimum absolute atomic E-state index is 0.0319. The number of nitrogens with zero attached hydrogens (tertiary/aromatic N) is 2. The number of ether oxygens (including phenoxy) is 1. The van der Waals surface area contributed by atoms with Crippen LogP contribution in [-0.2, 0) is 16.4 Å². The average molecular weight is 389 g/mol. The number of nitrogens with one attached hydrogen (secondary N) is 1. The summed E-state index contributed by atoms with van der Waals surface area (Å²) in [5.74, 6) is 1.42. The predicted octanol–water partition coefficient (Wildman–Crippen LogP) is 1.96. The van der Waals surface area contributed by atoms with Gasteiger partial charge in [0.15, 0.2) is 9.84 Å². The van der Waals surface area contributed by atoms with Crippen molar-refractivity contribution in [1.82, 2.24) is 9.88 Å². The molecule has 27 heavy (non-hydrogen) atoms. The molecule has 1 saturated heterocycles. The highest BCUT2D eigenvalue weighted by Crippen LogP contribution is 2.19. The number of rotatable bonds is 6. The summed E-state index contributed by atoms with van der Waals surface area (Å²) in [7, 11) is 0.242. The first-order valence-electron chi connectivity index (χ1n) is 8.68. The molecule has 1 fully saturated rings. The minimum Gasteiger partial charge on any atom is -0.497 e. The van der Waals surface area contributed by atoms with Crippen molar-refractivity contribution in [2.24, 2.45) is 0 Å². The van der Waals surface area contributed by atoms with Crippen molar-refractivity contribution in [3.8, 4) is 5.75 Å². The molecule has 144 valence electrons. The first-order chi connectivity index (χ1) is 12.9. The van der Waals surface area contributed by atoms with Gasteiger partial charge in [0, 0.05) is 25.8 Å². The fraction of sp³-hybridized carbons (Fsp3) is 0.368. The first-order valence-corrected chi connectivity index (χ1v) is 10.5. The molecule has 2 heterocycles. The van der Waals surface area contributed by atoms with E-state index in [9.17, 15) is 13.2 Å². The zero-order chi connectivity index (χ0) is 19.4. The molecule has 0 bridgehead atoms. The third-order valence-electron chi connectivity index (χ3n) is 4.72. The Morgan fingerprint density at radius 3 is 2.56 bits per heavy atom. The van der Waals surface area contributed by atoms with E-state index in [0.29, 0.717) is 24.3 Å². The summed E-state index contributed by atoms with van der Waals surface area (Å²) in [6.07, 6.45) is 2.00. The maximum Gasteiger partial charge on any atom is 0.255 e. The third kappa shape index (κ3) is 4.77. The summed E-state index contributed by atoms with van der Waals surface area (Å²) in [6.45, 7) is 0.601. The van der Waals surface area contributed by atoms with E-state index in [1.54, 1.807) is 26.3 Å². The molecule has 1 N–H and O–H groups in total. The Labute approximate surface area is 159 Å². The van der Waals surface area contributed by atoms with Gasteiger partial charge in [0.05, 0.1) is 24.2 Å². The number of pyridine rings is 1. The first kappa shape index (κ1) is 19.2. The predicted molar refractivity (Wildman–Crippen MR) is 104 cm³/mol. The maximum absolute atomic E-state index is 12.6. The van der Waals surface area contributed by atoms with Gasteiger partial charge in [-0.3, -0.25) is 4.79 Å². The quantitative estimate of drug-likeness (QED) is 0.813. The smallest absolute Gasteiger partial charge is 0.255 e. The lowest BCUT2D eigenvalue weighted by Crippen LogP contribution is -2.37. The van der Waals surface area contributed by atoms with Crippen molar-refractivity contribution in [3.05, 3.63) is 53.7 Å². The third-order valence-corrected chi connectivity index (χ3v) is 6.47. The lowest BCUT2D eigenvalue weighted by Gasteiger charge is -2.23. The van der Waals surface area contributed by atoms with Gasteiger partial charge < -0.3 is 15.0 Å². The number of benzene rings is 1. The van der Waals surface area contributed by atoms with Crippen LogP contribution in [0.3, 0.4) is 0 Å². The largest absolute Gasteiger partial charge is 0.497 e. The second kappa shape index (κ2) is 7.96. The van der Waals surface area contributed by atoms with Gasteiger partial charge in [-0.05, 0) is 36.2 Å². The van der Waals surface area contributed by atoms with Crippen LogP contribution in [0.4, 0.5) is 5.82 Å². The van der Waals surface area contributed by atoms with E-state index in [0.717, 1.165) is 11.3 Å². The maximum atomic E-state index is 12.6. The van der Waals surface area contributed by atoms with Crippen molar-refractivity contribution < 1.29 is 17.9 Å². The van der Waals surface area contributed by atoms with Crippen LogP contribution in [0.2, 0.25) is 0 Å². The average Bonchev–Trinajstić information content (AvgIpc) is 3.05. The number of amides is 1. The van der Waals surface area contributed by atoms with Gasteiger partial charge in [0.25, 0.3) is 5.91 Å². The number of carbonyl (C=O) groups is 1. The number of hydrogen-bond donors (Lipinski definition) is 1. The molecule has 8 heteroatoms. The molecule has 1 aromatic heterocycles. The summed E-state index contributed by atoms with van der Waals surface area (Å²) in [5, 5.41) is 3.20. The topological polar surface area (TPSA) is 88.6 Å². The Morgan fingerprint density at radius 2 is 2.00 bits per heavy atom. The molecule has 1 aliphatic rings. The molecule has 0 spiro atoms. The Morgan fingerprint density at radius 1 is 1.26 bits per heavy atom. The van der Waals surface area contributed by atoms with E-state index < -0.39 is 9.84 Å². The standard InChI is InChI=1S/C19H23N3O4S/c1-22(16-9-10-27(24,25)13-16)19(23)15-5-8-18(21-12-15)20-11-14-3-6-17(26-2)7-4-14/h3-8,12,16H,9-11,13H2,1-2H3,(H,20,21). The number of carbonyl (C=O) groups excluding carboxylic acids is 1. The summed E-state index contributed by atoms with van der Waals surface area (Å²) in [5.41, 5.74) is 1.52. The summed E-state index contributed by atoms with van der Waals surface area (Å²) in [4.78, 5) is 18.3. The van der Waals surface area contributed by atoms with E-state index >= 15 is 0 Å². The molecule has 0 aliphatic carbocycles. The highest BCUT2D eigenvalue weighted by molar-refractivity contribution is 7.91. The van der Waals surface area contributed by atoms with Crippen LogP contribution in [0.15, 0.2) is 42.6 Å². The van der Waals surface area contributed by atoms with Crippen LogP contribution < -0.4 is 10.1 Å². The van der Waals surface area contributed by atoms with Crippen LogP contribution in [0.1, 0.15) is 22.3 Å². The molecule has 1 aromatic carbocycles. The lowest BCUT2D eigenvalue weighted by atomic mass is 10.2. The van der Waals surface area contributed by atoms with Crippen molar-refractivity contribution in [2.75, 3.05) is 31.0 Å². The second-order valence-corrected chi connectivity index (χ2v) is 8.84. The number of anilines is 1. The number of aromatic nitrogens is 1. The van der Waals surface area contributed by atoms with Gasteiger partial charge >= 0.3 is 0 Å². The zero-order valence-electron chi connectivity index (χ0n) is 15.4. The molecule has 1 unspecified atom stereocenters. The molecule has 7 nitrogen and oxygen atoms in total. The highest BCUT2D eigenvalue weighted by Gasteiger charge is 2.33. The summed E-state index contributed by atoms with van der Waals surface area (Å²) >= 11 is 0. The molecule has 1 atom stereocenters. The lowest BCUT2D eigenvalue weighted by molar-refractivity contribution is 0.0747. The highest BCUT2D eigenvalue weighted by atomic mass is 32.2. The second-order valence-electron chi connectivity index (χ2n) is 6.61. The Hall–Kier alpha value is -2.61. The SMILES string of the molecule is COc1ccc(CNc2ccc(C(=O)N(C)C3CCS(=O)(=O)C3)cn2)cc1. The van der Waals surface area contributed by atoms with Gasteiger partial charge in [-0.25, -0.2) is 13.4 Å². The van der Waals surface area contributed by atoms with Crippen LogP contribution >= 0.6 is 0 Å². The summed E-state index contributed by atoms with van der Waals surface area (Å²) in [6, 6.07) is 10.9. The fourth-order valence-electron chi connectivity index (χ4n) is 3.01. The van der Waals surface area contributed by atoms with Crippen LogP contribution in [0, 0.1) is 0 Å². The number of sulfone groups is 1. The van der Waals surface area contributed by atoms with Gasteiger partial charge in [0.1, 0.15) is 11.6 Å². The minimum atomic E-state index is -3.03. The number of hydrogen-bond acceptors (Lipinski definition) is 6. The van der Waals surface area contributed by atoms with Crippen molar-refractivity contribution in [1.29, 1.82) is 0 Å². The van der Waals surface area contributed by atoms with Crippen LogP contribution in [0.5, 0.6) is 5.75 Å². The number of methoxy groups -OCH3 is 1. The van der Waals surface area contributed by atoms with E-state index in [-0.39, 0.29) is 23.5 Å². The Balaban J connectivity index is 1.58. The van der Waals surface area contributed by atoms with Crippen molar-refractivity contribution >= 4 is 21.6 Å². The van der Waals surface area contributed by atoms with Gasteiger partial charge in [-0.2, -0.15) is 0 Å². The van der Waals surface area contributed by atoms with Crippen molar-refractivity contribution in [3.63, 3.8) is 0 Å². The molecule has 0 radical (unpaired) electrons. The molecular formula is C19H23N3O4S. The van der Waals surface area contributed by atoms with Crippen molar-refractivity contribution in [2.45, 2.75) is 19.0 Å². The summed E-state index contributed by atoms with van der Waals surface area (Å²) < 4.78 is 28.3. The molecule has 0 saturated carbocycles.